The highest BCUT2D eigenvalue weighted by Gasteiger charge is 2.42. The van der Waals surface area contributed by atoms with Gasteiger partial charge in [0.2, 0.25) is 0 Å². The molecule has 2 aromatic carbocycles. The zero-order chi connectivity index (χ0) is 21.4. The molecule has 4 nitrogen and oxygen atoms in total. The number of aryl methyl sites for hydroxylation is 1. The monoisotopic (exact) mass is 428 g/mol. The van der Waals surface area contributed by atoms with Crippen LogP contribution in [-0.2, 0) is 0 Å². The van der Waals surface area contributed by atoms with Crippen LogP contribution in [0.1, 0.15) is 29.0 Å². The molecule has 5 rings (SSSR count). The van der Waals surface area contributed by atoms with Gasteiger partial charge in [0.15, 0.2) is 5.11 Å². The Morgan fingerprint density at radius 2 is 1.81 bits per heavy atom. The molecule has 1 saturated heterocycles. The third kappa shape index (κ3) is 3.49. The molecule has 1 aliphatic rings. The molecule has 0 spiro atoms. The van der Waals surface area contributed by atoms with E-state index in [1.54, 1.807) is 18.3 Å². The topological polar surface area (TPSA) is 33.1 Å². The summed E-state index contributed by atoms with van der Waals surface area (Å²) in [6, 6.07) is 24.4. The maximum absolute atomic E-state index is 14.9. The molecule has 3 heterocycles. The summed E-state index contributed by atoms with van der Waals surface area (Å²) in [4.78, 5) is 6.44. The Hall–Kier alpha value is -3.51. The average Bonchev–Trinajstić information content (AvgIpc) is 3.39. The zero-order valence-corrected chi connectivity index (χ0v) is 17.8. The number of hydrogen-bond acceptors (Lipinski definition) is 2. The lowest BCUT2D eigenvalue weighted by Crippen LogP contribution is -2.31. The van der Waals surface area contributed by atoms with Crippen molar-refractivity contribution < 1.29 is 4.39 Å². The molecule has 0 saturated carbocycles. The van der Waals surface area contributed by atoms with Crippen molar-refractivity contribution in [1.29, 1.82) is 0 Å². The number of nitrogens with one attached hydrogen (secondary N) is 1. The van der Waals surface area contributed by atoms with Crippen molar-refractivity contribution in [2.24, 2.45) is 0 Å². The van der Waals surface area contributed by atoms with E-state index in [4.69, 9.17) is 12.2 Å². The Morgan fingerprint density at radius 3 is 2.58 bits per heavy atom. The molecule has 1 aliphatic heterocycles. The van der Waals surface area contributed by atoms with E-state index in [9.17, 15) is 4.39 Å². The number of thiocarbonyl (C=S) groups is 1. The fraction of sp³-hybridized carbons (Fsp3) is 0.120. The number of anilines is 1. The molecule has 154 valence electrons. The molecule has 0 amide bonds. The van der Waals surface area contributed by atoms with Gasteiger partial charge in [-0.05, 0) is 73.2 Å². The van der Waals surface area contributed by atoms with Crippen LogP contribution in [0, 0.1) is 12.7 Å². The molecule has 0 aliphatic carbocycles. The largest absolute Gasteiger partial charge is 0.351 e. The van der Waals surface area contributed by atoms with Gasteiger partial charge in [0.25, 0.3) is 0 Å². The highest BCUT2D eigenvalue weighted by molar-refractivity contribution is 7.80. The number of rotatable bonds is 4. The smallest absolute Gasteiger partial charge is 0.174 e. The minimum Gasteiger partial charge on any atom is -0.351 e. The lowest BCUT2D eigenvalue weighted by molar-refractivity contribution is 0.542. The quantitative estimate of drug-likeness (QED) is 0.435. The first-order valence-corrected chi connectivity index (χ1v) is 10.5. The van der Waals surface area contributed by atoms with E-state index in [0.29, 0.717) is 10.8 Å². The summed E-state index contributed by atoms with van der Waals surface area (Å²) in [7, 11) is 0. The van der Waals surface area contributed by atoms with Gasteiger partial charge in [0.1, 0.15) is 11.9 Å². The molecule has 2 aromatic heterocycles. The molecule has 0 unspecified atom stereocenters. The normalized spacial score (nSPS) is 18.3. The summed E-state index contributed by atoms with van der Waals surface area (Å²) in [5.74, 6) is -0.313. The number of nitrogens with zero attached hydrogens (tertiary/aromatic N) is 3. The Balaban J connectivity index is 1.69. The first kappa shape index (κ1) is 19.5. The summed E-state index contributed by atoms with van der Waals surface area (Å²) in [5.41, 5.74) is 4.51. The molecule has 0 bridgehead atoms. The zero-order valence-electron chi connectivity index (χ0n) is 16.9. The van der Waals surface area contributed by atoms with Gasteiger partial charge in [-0.15, -0.1) is 0 Å². The van der Waals surface area contributed by atoms with Gasteiger partial charge >= 0.3 is 0 Å². The number of pyridine rings is 1. The maximum Gasteiger partial charge on any atom is 0.174 e. The average molecular weight is 429 g/mol. The van der Waals surface area contributed by atoms with Crippen molar-refractivity contribution >= 4 is 23.0 Å². The van der Waals surface area contributed by atoms with Crippen LogP contribution in [0.5, 0.6) is 0 Å². The summed E-state index contributed by atoms with van der Waals surface area (Å²) in [6.07, 6.45) is 3.79. The Labute approximate surface area is 186 Å². The number of benzene rings is 2. The van der Waals surface area contributed by atoms with E-state index >= 15 is 0 Å². The molecule has 6 heteroatoms. The second kappa shape index (κ2) is 7.96. The molecule has 1 fully saturated rings. The molecule has 2 atom stereocenters. The van der Waals surface area contributed by atoms with E-state index in [-0.39, 0.29) is 17.9 Å². The summed E-state index contributed by atoms with van der Waals surface area (Å²) < 4.78 is 17.0. The predicted molar refractivity (Wildman–Crippen MR) is 125 cm³/mol. The van der Waals surface area contributed by atoms with Crippen molar-refractivity contribution in [1.82, 2.24) is 14.9 Å². The van der Waals surface area contributed by atoms with Gasteiger partial charge in [-0.1, -0.05) is 30.3 Å². The lowest BCUT2D eigenvalue weighted by atomic mass is 10.0. The minimum atomic E-state index is -0.313. The molecule has 0 radical (unpaired) electrons. The molecule has 1 N–H and O–H groups in total. The SMILES string of the molecule is Cc1cccc(-n2cccc2[C@@H]2[C@H](c3ccccn3)NC(=S)N2c2ccccc2F)c1. The van der Waals surface area contributed by atoms with Crippen LogP contribution in [0.2, 0.25) is 0 Å². The van der Waals surface area contributed by atoms with Gasteiger partial charge < -0.3 is 14.8 Å². The third-order valence-corrected chi connectivity index (χ3v) is 5.89. The molecule has 4 aromatic rings. The second-order valence-electron chi connectivity index (χ2n) is 7.59. The van der Waals surface area contributed by atoms with Crippen LogP contribution in [-0.4, -0.2) is 14.7 Å². The molecule has 31 heavy (non-hydrogen) atoms. The van der Waals surface area contributed by atoms with Crippen LogP contribution < -0.4 is 10.2 Å². The predicted octanol–water partition coefficient (Wildman–Crippen LogP) is 5.50. The van der Waals surface area contributed by atoms with E-state index < -0.39 is 0 Å². The Morgan fingerprint density at radius 1 is 0.968 bits per heavy atom. The number of para-hydroxylation sites is 1. The van der Waals surface area contributed by atoms with Gasteiger partial charge in [-0.2, -0.15) is 0 Å². The van der Waals surface area contributed by atoms with Crippen molar-refractivity contribution in [2.75, 3.05) is 4.90 Å². The highest BCUT2D eigenvalue weighted by Crippen LogP contribution is 2.42. The van der Waals surface area contributed by atoms with E-state index in [0.717, 1.165) is 17.1 Å². The first-order chi connectivity index (χ1) is 15.1. The van der Waals surface area contributed by atoms with Crippen molar-refractivity contribution in [3.8, 4) is 5.69 Å². The Bertz CT molecular complexity index is 1240. The van der Waals surface area contributed by atoms with Crippen molar-refractivity contribution in [2.45, 2.75) is 19.0 Å². The van der Waals surface area contributed by atoms with Crippen LogP contribution in [0.4, 0.5) is 10.1 Å². The van der Waals surface area contributed by atoms with Crippen molar-refractivity contribution in [3.63, 3.8) is 0 Å². The molecular weight excluding hydrogens is 407 g/mol. The molecular formula is C25H21FN4S. The van der Waals surface area contributed by atoms with E-state index in [1.807, 2.05) is 47.5 Å². The minimum absolute atomic E-state index is 0.230. The summed E-state index contributed by atoms with van der Waals surface area (Å²) in [5, 5.41) is 3.86. The maximum atomic E-state index is 14.9. The fourth-order valence-electron chi connectivity index (χ4n) is 4.21. The number of aromatic nitrogens is 2. The van der Waals surface area contributed by atoms with Crippen LogP contribution in [0.25, 0.3) is 5.69 Å². The number of hydrogen-bond donors (Lipinski definition) is 1. The fourth-order valence-corrected chi connectivity index (χ4v) is 4.55. The highest BCUT2D eigenvalue weighted by atomic mass is 32.1. The second-order valence-corrected chi connectivity index (χ2v) is 7.98. The van der Waals surface area contributed by atoms with Crippen LogP contribution >= 0.6 is 12.2 Å². The van der Waals surface area contributed by atoms with Crippen molar-refractivity contribution in [3.05, 3.63) is 114 Å². The van der Waals surface area contributed by atoms with Gasteiger partial charge in [-0.25, -0.2) is 4.39 Å². The summed E-state index contributed by atoms with van der Waals surface area (Å²) in [6.45, 7) is 2.07. The van der Waals surface area contributed by atoms with Gasteiger partial charge in [0.05, 0.1) is 17.4 Å². The van der Waals surface area contributed by atoms with Gasteiger partial charge in [-0.3, -0.25) is 4.98 Å². The third-order valence-electron chi connectivity index (χ3n) is 5.57. The van der Waals surface area contributed by atoms with E-state index in [2.05, 4.69) is 46.1 Å². The van der Waals surface area contributed by atoms with Gasteiger partial charge in [0, 0.05) is 23.8 Å². The number of halogens is 1. The van der Waals surface area contributed by atoms with E-state index in [1.165, 1.54) is 11.6 Å². The first-order valence-electron chi connectivity index (χ1n) is 10.1. The van der Waals surface area contributed by atoms with Crippen LogP contribution in [0.15, 0.2) is 91.3 Å². The standard InChI is InChI=1S/C25H21FN4S/c1-17-8-6-9-18(16-17)29-15-7-13-22(29)24-23(20-11-4-5-14-27-20)28-25(31)30(24)21-12-3-2-10-19(21)26/h2-16,23-24H,1H3,(H,28,31)/t23-,24+/m0/s1. The lowest BCUT2D eigenvalue weighted by Gasteiger charge is -2.29. The Kier molecular flexibility index (Phi) is 5.00. The van der Waals surface area contributed by atoms with Crippen LogP contribution in [0.3, 0.4) is 0 Å². The summed E-state index contributed by atoms with van der Waals surface area (Å²) >= 11 is 5.70.